The van der Waals surface area contributed by atoms with Crippen LogP contribution in [0.5, 0.6) is 0 Å². The minimum atomic E-state index is -1.08. The van der Waals surface area contributed by atoms with E-state index in [4.69, 9.17) is 9.47 Å². The minimum Gasteiger partial charge on any atom is -0.458 e. The van der Waals surface area contributed by atoms with Gasteiger partial charge in [-0.25, -0.2) is 9.59 Å². The number of ether oxygens (including phenoxy) is 2. The van der Waals surface area contributed by atoms with Crippen LogP contribution in [0, 0.1) is 23.2 Å². The number of fused-ring (bicyclic) bond motifs is 2. The fourth-order valence-electron chi connectivity index (χ4n) is 5.07. The molecule has 0 aromatic rings. The van der Waals surface area contributed by atoms with E-state index in [1.807, 2.05) is 6.92 Å². The Hall–Kier alpha value is -1.95. The van der Waals surface area contributed by atoms with Gasteiger partial charge in [0.2, 0.25) is 0 Å². The van der Waals surface area contributed by atoms with Gasteiger partial charge in [-0.2, -0.15) is 0 Å². The summed E-state index contributed by atoms with van der Waals surface area (Å²) in [5.41, 5.74) is -0.436. The van der Waals surface area contributed by atoms with Gasteiger partial charge in [0.15, 0.2) is 0 Å². The van der Waals surface area contributed by atoms with Crippen LogP contribution in [-0.4, -0.2) is 41.1 Å². The summed E-state index contributed by atoms with van der Waals surface area (Å²) in [6, 6.07) is 0. The van der Waals surface area contributed by atoms with Crippen LogP contribution < -0.4 is 0 Å². The number of hydrogen-bond donors (Lipinski definition) is 1. The van der Waals surface area contributed by atoms with E-state index in [2.05, 4.69) is 6.58 Å². The molecule has 0 radical (unpaired) electrons. The van der Waals surface area contributed by atoms with Gasteiger partial charge >= 0.3 is 11.9 Å². The average Bonchev–Trinajstić information content (AvgIpc) is 2.94. The molecule has 3 aliphatic rings. The van der Waals surface area contributed by atoms with Crippen LogP contribution >= 0.6 is 0 Å². The van der Waals surface area contributed by atoms with Gasteiger partial charge in [0.05, 0.1) is 17.4 Å². The molecule has 0 amide bonds. The molecule has 2 saturated carbocycles. The van der Waals surface area contributed by atoms with Crippen molar-refractivity contribution in [3.05, 3.63) is 23.8 Å². The first kappa shape index (κ1) is 18.8. The van der Waals surface area contributed by atoms with E-state index in [1.54, 1.807) is 26.8 Å². The van der Waals surface area contributed by atoms with Crippen molar-refractivity contribution in [2.24, 2.45) is 23.2 Å². The van der Waals surface area contributed by atoms with Gasteiger partial charge in [-0.15, -0.1) is 0 Å². The van der Waals surface area contributed by atoms with Gasteiger partial charge in [-0.3, -0.25) is 4.79 Å². The second-order valence-corrected chi connectivity index (χ2v) is 8.01. The largest absolute Gasteiger partial charge is 0.458 e. The number of rotatable bonds is 2. The highest BCUT2D eigenvalue weighted by Crippen LogP contribution is 2.56. The van der Waals surface area contributed by atoms with Crippen molar-refractivity contribution in [2.75, 3.05) is 0 Å². The van der Waals surface area contributed by atoms with E-state index < -0.39 is 41.6 Å². The Bertz CT molecular complexity index is 707. The van der Waals surface area contributed by atoms with Crippen molar-refractivity contribution in [3.8, 4) is 0 Å². The van der Waals surface area contributed by atoms with Crippen LogP contribution in [-0.2, 0) is 23.9 Å². The summed E-state index contributed by atoms with van der Waals surface area (Å²) in [7, 11) is 0. The maximum Gasteiger partial charge on any atom is 0.334 e. The maximum absolute atomic E-state index is 12.9. The Kier molecular flexibility index (Phi) is 4.59. The molecule has 1 heterocycles. The first-order valence-electron chi connectivity index (χ1n) is 9.07. The minimum absolute atomic E-state index is 0.0286. The quantitative estimate of drug-likeness (QED) is 0.597. The van der Waals surface area contributed by atoms with Crippen molar-refractivity contribution < 1.29 is 29.0 Å². The molecule has 26 heavy (non-hydrogen) atoms. The average molecular weight is 362 g/mol. The van der Waals surface area contributed by atoms with Gasteiger partial charge < -0.3 is 14.6 Å². The third kappa shape index (κ3) is 2.54. The Labute approximate surface area is 153 Å². The molecule has 3 rings (SSSR count). The van der Waals surface area contributed by atoms with Crippen LogP contribution in [0.25, 0.3) is 0 Å². The normalized spacial score (nSPS) is 42.8. The van der Waals surface area contributed by atoms with Crippen molar-refractivity contribution in [2.45, 2.75) is 58.8 Å². The van der Waals surface area contributed by atoms with Gasteiger partial charge in [0, 0.05) is 23.5 Å². The molecule has 6 nitrogen and oxygen atoms in total. The number of hydrogen-bond acceptors (Lipinski definition) is 6. The molecule has 2 aliphatic carbocycles. The van der Waals surface area contributed by atoms with Gasteiger partial charge in [-0.05, 0) is 33.1 Å². The Balaban J connectivity index is 2.12. The van der Waals surface area contributed by atoms with Gasteiger partial charge in [0.25, 0.3) is 0 Å². The van der Waals surface area contributed by atoms with E-state index in [9.17, 15) is 19.5 Å². The van der Waals surface area contributed by atoms with Crippen LogP contribution in [0.1, 0.15) is 40.5 Å². The van der Waals surface area contributed by atoms with Crippen LogP contribution in [0.3, 0.4) is 0 Å². The summed E-state index contributed by atoms with van der Waals surface area (Å²) in [5, 5.41) is 10.5. The fourth-order valence-corrected chi connectivity index (χ4v) is 5.07. The van der Waals surface area contributed by atoms with Crippen molar-refractivity contribution in [1.29, 1.82) is 0 Å². The van der Waals surface area contributed by atoms with E-state index in [0.717, 1.165) is 0 Å². The summed E-state index contributed by atoms with van der Waals surface area (Å²) in [6.07, 6.45) is -0.0358. The second-order valence-electron chi connectivity index (χ2n) is 8.01. The van der Waals surface area contributed by atoms with E-state index in [1.165, 1.54) is 0 Å². The van der Waals surface area contributed by atoms with Crippen molar-refractivity contribution >= 4 is 17.7 Å². The number of ketones is 1. The highest BCUT2D eigenvalue weighted by molar-refractivity contribution is 5.94. The number of aliphatic hydroxyl groups is 1. The Morgan fingerprint density at radius 1 is 1.42 bits per heavy atom. The SMILES string of the molecule is C=C1C(=O)O[C@H]2C[C@@H](C)[C@@H]3[C@@H](O)CC(=O)[C@]3(C)[C@@H](OC(=O)/C(C)=C\C)[C@@H]12. The van der Waals surface area contributed by atoms with Crippen molar-refractivity contribution in [1.82, 2.24) is 0 Å². The maximum atomic E-state index is 12.9. The number of esters is 2. The summed E-state index contributed by atoms with van der Waals surface area (Å²) in [5.74, 6) is -2.21. The van der Waals surface area contributed by atoms with Crippen LogP contribution in [0.2, 0.25) is 0 Å². The molecule has 0 aromatic carbocycles. The standard InChI is InChI=1S/C20H26O6/c1-6-9(2)18(23)26-17-15-11(4)19(24)25-13(15)7-10(3)16-12(21)8-14(22)20(16,17)5/h6,10,12-13,15-17,21H,4,7-8H2,1-3,5H3/b9-6-/t10-,12+,13+,15+,16-,17+,20+/m1/s1. The third-order valence-corrected chi connectivity index (χ3v) is 6.55. The Morgan fingerprint density at radius 2 is 2.08 bits per heavy atom. The smallest absolute Gasteiger partial charge is 0.334 e. The highest BCUT2D eigenvalue weighted by Gasteiger charge is 2.65. The van der Waals surface area contributed by atoms with Crippen LogP contribution in [0.15, 0.2) is 23.8 Å². The lowest BCUT2D eigenvalue weighted by molar-refractivity contribution is -0.162. The predicted molar refractivity (Wildman–Crippen MR) is 92.8 cm³/mol. The number of Topliss-reactive ketones (excluding diaryl/α,β-unsaturated/α-hetero) is 1. The summed E-state index contributed by atoms with van der Waals surface area (Å²) >= 11 is 0. The van der Waals surface area contributed by atoms with E-state index >= 15 is 0 Å². The molecule has 142 valence electrons. The topological polar surface area (TPSA) is 89.9 Å². The number of carbonyl (C=O) groups excluding carboxylic acids is 3. The molecule has 0 aromatic heterocycles. The molecule has 7 atom stereocenters. The lowest BCUT2D eigenvalue weighted by Crippen LogP contribution is -2.50. The first-order chi connectivity index (χ1) is 12.1. The third-order valence-electron chi connectivity index (χ3n) is 6.55. The monoisotopic (exact) mass is 362 g/mol. The molecule has 3 fully saturated rings. The molecule has 1 saturated heterocycles. The summed E-state index contributed by atoms with van der Waals surface area (Å²) < 4.78 is 11.3. The van der Waals surface area contributed by atoms with Crippen molar-refractivity contribution in [3.63, 3.8) is 0 Å². The zero-order valence-corrected chi connectivity index (χ0v) is 15.7. The predicted octanol–water partition coefficient (Wildman–Crippen LogP) is 1.96. The molecule has 0 spiro atoms. The fraction of sp³-hybridized carbons (Fsp3) is 0.650. The molecule has 1 aliphatic heterocycles. The zero-order chi connectivity index (χ0) is 19.4. The van der Waals surface area contributed by atoms with Gasteiger partial charge in [0.1, 0.15) is 18.0 Å². The lowest BCUT2D eigenvalue weighted by atomic mass is 9.67. The van der Waals surface area contributed by atoms with Gasteiger partial charge in [-0.1, -0.05) is 19.6 Å². The number of carbonyl (C=O) groups is 3. The number of aliphatic hydroxyl groups excluding tert-OH is 1. The van der Waals surface area contributed by atoms with E-state index in [-0.39, 0.29) is 29.6 Å². The molecular formula is C20H26O6. The Morgan fingerprint density at radius 3 is 2.69 bits per heavy atom. The number of allylic oxidation sites excluding steroid dienone is 1. The second kappa shape index (κ2) is 6.34. The first-order valence-corrected chi connectivity index (χ1v) is 9.07. The highest BCUT2D eigenvalue weighted by atomic mass is 16.6. The summed E-state index contributed by atoms with van der Waals surface area (Å²) in [4.78, 5) is 37.6. The molecule has 0 bridgehead atoms. The molecular weight excluding hydrogens is 336 g/mol. The molecule has 0 unspecified atom stereocenters. The van der Waals surface area contributed by atoms with Crippen LogP contribution in [0.4, 0.5) is 0 Å². The zero-order valence-electron chi connectivity index (χ0n) is 15.7. The van der Waals surface area contributed by atoms with E-state index in [0.29, 0.717) is 12.0 Å². The molecule has 1 N–H and O–H groups in total. The summed E-state index contributed by atoms with van der Waals surface area (Å²) in [6.45, 7) is 10.9. The molecule has 6 heteroatoms. The lowest BCUT2D eigenvalue weighted by Gasteiger charge is -2.40.